The highest BCUT2D eigenvalue weighted by atomic mass is 16.1. The zero-order valence-corrected chi connectivity index (χ0v) is 13.1. The number of aromatic nitrogens is 1. The number of carbonyl (C=O) groups excluding carboxylic acids is 1. The molecule has 1 atom stereocenters. The number of anilines is 2. The molecule has 1 aromatic heterocycles. The highest BCUT2D eigenvalue weighted by Crippen LogP contribution is 2.26. The van der Waals surface area contributed by atoms with Gasteiger partial charge in [0.25, 0.3) is 0 Å². The van der Waals surface area contributed by atoms with Gasteiger partial charge in [-0.15, -0.1) is 0 Å². The summed E-state index contributed by atoms with van der Waals surface area (Å²) < 4.78 is 0. The molecule has 1 unspecified atom stereocenters. The van der Waals surface area contributed by atoms with Crippen molar-refractivity contribution in [2.45, 2.75) is 27.2 Å². The molecular weight excluding hydrogens is 252 g/mol. The molecule has 20 heavy (non-hydrogen) atoms. The van der Waals surface area contributed by atoms with Crippen LogP contribution in [0, 0.1) is 11.3 Å². The van der Waals surface area contributed by atoms with Gasteiger partial charge in [0.1, 0.15) is 0 Å². The van der Waals surface area contributed by atoms with Crippen molar-refractivity contribution in [3.05, 3.63) is 18.3 Å². The van der Waals surface area contributed by atoms with Crippen LogP contribution in [0.3, 0.4) is 0 Å². The van der Waals surface area contributed by atoms with Crippen LogP contribution in [0.5, 0.6) is 0 Å². The number of nitrogens with one attached hydrogen (secondary N) is 1. The van der Waals surface area contributed by atoms with Crippen LogP contribution in [0.15, 0.2) is 18.3 Å². The van der Waals surface area contributed by atoms with Crippen LogP contribution >= 0.6 is 0 Å². The molecule has 112 valence electrons. The number of nitrogens with two attached hydrogens (primary N) is 1. The fourth-order valence-corrected chi connectivity index (χ4v) is 2.11. The van der Waals surface area contributed by atoms with Crippen molar-refractivity contribution in [3.8, 4) is 0 Å². The highest BCUT2D eigenvalue weighted by molar-refractivity contribution is 5.95. The third-order valence-corrected chi connectivity index (χ3v) is 2.98. The largest absolute Gasteiger partial charge is 0.361 e. The van der Waals surface area contributed by atoms with E-state index in [4.69, 9.17) is 5.73 Å². The van der Waals surface area contributed by atoms with E-state index in [-0.39, 0.29) is 17.2 Å². The van der Waals surface area contributed by atoms with Crippen molar-refractivity contribution in [1.29, 1.82) is 0 Å². The summed E-state index contributed by atoms with van der Waals surface area (Å²) in [6.07, 6.45) is 2.47. The lowest BCUT2D eigenvalue weighted by molar-refractivity contribution is -0.120. The number of amides is 1. The van der Waals surface area contributed by atoms with Crippen molar-refractivity contribution in [2.75, 3.05) is 30.9 Å². The lowest BCUT2D eigenvalue weighted by Crippen LogP contribution is -2.33. The zero-order valence-electron chi connectivity index (χ0n) is 13.1. The molecule has 0 aromatic carbocycles. The van der Waals surface area contributed by atoms with E-state index in [9.17, 15) is 4.79 Å². The SMILES string of the molecule is CN(C)c1ncccc1NC(=O)C(CN)CC(C)(C)C. The first-order chi connectivity index (χ1) is 9.24. The monoisotopic (exact) mass is 278 g/mol. The summed E-state index contributed by atoms with van der Waals surface area (Å²) in [5.74, 6) is 0.510. The van der Waals surface area contributed by atoms with Gasteiger partial charge in [-0.2, -0.15) is 0 Å². The molecule has 1 aromatic rings. The van der Waals surface area contributed by atoms with Gasteiger partial charge in [0.2, 0.25) is 5.91 Å². The summed E-state index contributed by atoms with van der Waals surface area (Å²) >= 11 is 0. The summed E-state index contributed by atoms with van der Waals surface area (Å²) in [4.78, 5) is 18.5. The minimum Gasteiger partial charge on any atom is -0.361 e. The predicted molar refractivity (Wildman–Crippen MR) is 83.8 cm³/mol. The van der Waals surface area contributed by atoms with Crippen molar-refractivity contribution < 1.29 is 4.79 Å². The second kappa shape index (κ2) is 6.70. The van der Waals surface area contributed by atoms with Gasteiger partial charge in [0.05, 0.1) is 11.6 Å². The lowest BCUT2D eigenvalue weighted by atomic mass is 9.84. The van der Waals surface area contributed by atoms with Crippen molar-refractivity contribution >= 4 is 17.4 Å². The van der Waals surface area contributed by atoms with Gasteiger partial charge in [0, 0.05) is 26.8 Å². The molecule has 0 saturated carbocycles. The third kappa shape index (κ3) is 4.81. The average Bonchev–Trinajstić information content (AvgIpc) is 2.35. The standard InChI is InChI=1S/C15H26N4O/c1-15(2,3)9-11(10-16)14(20)18-12-7-6-8-17-13(12)19(4)5/h6-8,11H,9-10,16H2,1-5H3,(H,18,20). The first-order valence-corrected chi connectivity index (χ1v) is 6.88. The molecule has 5 nitrogen and oxygen atoms in total. The van der Waals surface area contributed by atoms with Gasteiger partial charge >= 0.3 is 0 Å². The Morgan fingerprint density at radius 2 is 2.10 bits per heavy atom. The number of rotatable bonds is 5. The normalized spacial score (nSPS) is 12.9. The van der Waals surface area contributed by atoms with E-state index in [0.717, 1.165) is 17.9 Å². The van der Waals surface area contributed by atoms with Crippen molar-refractivity contribution in [1.82, 2.24) is 4.98 Å². The molecule has 0 saturated heterocycles. The summed E-state index contributed by atoms with van der Waals surface area (Å²) in [5.41, 5.74) is 6.53. The molecule has 0 aliphatic rings. The zero-order chi connectivity index (χ0) is 15.3. The molecule has 5 heteroatoms. The van der Waals surface area contributed by atoms with E-state index in [1.165, 1.54) is 0 Å². The van der Waals surface area contributed by atoms with Crippen molar-refractivity contribution in [3.63, 3.8) is 0 Å². The Kier molecular flexibility index (Phi) is 5.51. The second-order valence-electron chi connectivity index (χ2n) is 6.46. The van der Waals surface area contributed by atoms with Crippen LogP contribution < -0.4 is 16.0 Å². The molecule has 1 rings (SSSR count). The number of hydrogen-bond acceptors (Lipinski definition) is 4. The van der Waals surface area contributed by atoms with Gasteiger partial charge in [-0.25, -0.2) is 4.98 Å². The van der Waals surface area contributed by atoms with Gasteiger partial charge < -0.3 is 16.0 Å². The maximum atomic E-state index is 12.4. The molecule has 0 bridgehead atoms. The number of hydrogen-bond donors (Lipinski definition) is 2. The lowest BCUT2D eigenvalue weighted by Gasteiger charge is -2.25. The van der Waals surface area contributed by atoms with Gasteiger partial charge in [-0.05, 0) is 24.0 Å². The van der Waals surface area contributed by atoms with E-state index in [1.54, 1.807) is 6.20 Å². The van der Waals surface area contributed by atoms with Gasteiger partial charge in [0.15, 0.2) is 5.82 Å². The molecule has 0 spiro atoms. The van der Waals surface area contributed by atoms with Gasteiger partial charge in [-0.3, -0.25) is 4.79 Å². The number of carbonyl (C=O) groups is 1. The molecule has 0 aliphatic carbocycles. The first kappa shape index (κ1) is 16.4. The minimum absolute atomic E-state index is 0.0430. The minimum atomic E-state index is -0.190. The Bertz CT molecular complexity index is 451. The number of nitrogens with zero attached hydrogens (tertiary/aromatic N) is 2. The molecule has 1 amide bonds. The van der Waals surface area contributed by atoms with E-state index in [1.807, 2.05) is 31.1 Å². The van der Waals surface area contributed by atoms with Crippen LogP contribution in [-0.2, 0) is 4.79 Å². The first-order valence-electron chi connectivity index (χ1n) is 6.88. The van der Waals surface area contributed by atoms with E-state index in [0.29, 0.717) is 6.54 Å². The maximum Gasteiger partial charge on any atom is 0.228 e. The highest BCUT2D eigenvalue weighted by Gasteiger charge is 2.24. The summed E-state index contributed by atoms with van der Waals surface area (Å²) in [7, 11) is 3.79. The fraction of sp³-hybridized carbons (Fsp3) is 0.600. The van der Waals surface area contributed by atoms with E-state index < -0.39 is 0 Å². The summed E-state index contributed by atoms with van der Waals surface area (Å²) in [6.45, 7) is 6.68. The molecule has 0 fully saturated rings. The van der Waals surface area contributed by atoms with Crippen molar-refractivity contribution in [2.24, 2.45) is 17.1 Å². The van der Waals surface area contributed by atoms with Crippen LogP contribution in [-0.4, -0.2) is 31.5 Å². The summed E-state index contributed by atoms with van der Waals surface area (Å²) in [6, 6.07) is 3.66. The molecule has 0 aliphatic heterocycles. The summed E-state index contributed by atoms with van der Waals surface area (Å²) in [5, 5.41) is 2.94. The fourth-order valence-electron chi connectivity index (χ4n) is 2.11. The smallest absolute Gasteiger partial charge is 0.228 e. The quantitative estimate of drug-likeness (QED) is 0.865. The topological polar surface area (TPSA) is 71.2 Å². The average molecular weight is 278 g/mol. The van der Waals surface area contributed by atoms with E-state index in [2.05, 4.69) is 31.1 Å². The second-order valence-corrected chi connectivity index (χ2v) is 6.46. The Morgan fingerprint density at radius 1 is 1.45 bits per heavy atom. The Balaban J connectivity index is 2.84. The molecule has 1 heterocycles. The number of pyridine rings is 1. The van der Waals surface area contributed by atoms with E-state index >= 15 is 0 Å². The van der Waals surface area contributed by atoms with Gasteiger partial charge in [-0.1, -0.05) is 20.8 Å². The third-order valence-electron chi connectivity index (χ3n) is 2.98. The molecular formula is C15H26N4O. The Labute approximate surface area is 121 Å². The van der Waals surface area contributed by atoms with Crippen LogP contribution in [0.25, 0.3) is 0 Å². The Hall–Kier alpha value is -1.62. The molecule has 0 radical (unpaired) electrons. The van der Waals surface area contributed by atoms with Crippen LogP contribution in [0.4, 0.5) is 11.5 Å². The Morgan fingerprint density at radius 3 is 2.60 bits per heavy atom. The molecule has 3 N–H and O–H groups in total. The van der Waals surface area contributed by atoms with Crippen LogP contribution in [0.2, 0.25) is 0 Å². The predicted octanol–water partition coefficient (Wildman–Crippen LogP) is 2.10. The maximum absolute atomic E-state index is 12.4. The van der Waals surface area contributed by atoms with Crippen LogP contribution in [0.1, 0.15) is 27.2 Å².